The molecule has 1 unspecified atom stereocenters. The summed E-state index contributed by atoms with van der Waals surface area (Å²) in [5, 5.41) is 0. The summed E-state index contributed by atoms with van der Waals surface area (Å²) in [4.78, 5) is 24.4. The SMILES string of the molecule is CCOC(=O)c1ccc2c(c1)C(=O)OC(C#C[Si](C(C)C)(C(C)C)C(C)C)C2. The quantitative estimate of drug-likeness (QED) is 0.389. The van der Waals surface area contributed by atoms with Crippen molar-refractivity contribution in [3.8, 4) is 11.5 Å². The molecule has 1 aromatic carbocycles. The average molecular weight is 401 g/mol. The lowest BCUT2D eigenvalue weighted by Crippen LogP contribution is -2.43. The first kappa shape index (κ1) is 22.2. The maximum absolute atomic E-state index is 12.5. The van der Waals surface area contributed by atoms with Crippen LogP contribution in [0, 0.1) is 11.5 Å². The fourth-order valence-electron chi connectivity index (χ4n) is 4.44. The third kappa shape index (κ3) is 4.33. The standard InChI is InChI=1S/C23H32O4Si/c1-8-26-22(24)19-10-9-18-13-20(27-23(25)21(18)14-19)11-12-28(15(2)3,16(4)5)17(6)7/h9-10,14-17,20H,8,13H2,1-7H3. The molecule has 0 saturated heterocycles. The van der Waals surface area contributed by atoms with Gasteiger partial charge in [0.1, 0.15) is 8.07 Å². The van der Waals surface area contributed by atoms with Gasteiger partial charge in [0.2, 0.25) is 0 Å². The summed E-state index contributed by atoms with van der Waals surface area (Å²) in [5.41, 5.74) is 6.89. The van der Waals surface area contributed by atoms with Crippen LogP contribution >= 0.6 is 0 Å². The zero-order valence-electron chi connectivity index (χ0n) is 18.1. The smallest absolute Gasteiger partial charge is 0.339 e. The minimum Gasteiger partial charge on any atom is -0.462 e. The fraction of sp³-hybridized carbons (Fsp3) is 0.565. The highest BCUT2D eigenvalue weighted by Crippen LogP contribution is 2.40. The second-order valence-corrected chi connectivity index (χ2v) is 13.9. The predicted molar refractivity (Wildman–Crippen MR) is 114 cm³/mol. The van der Waals surface area contributed by atoms with Gasteiger partial charge in [0.05, 0.1) is 17.7 Å². The number of benzene rings is 1. The Morgan fingerprint density at radius 3 is 2.32 bits per heavy atom. The molecule has 0 N–H and O–H groups in total. The molecule has 1 aliphatic rings. The third-order valence-electron chi connectivity index (χ3n) is 5.81. The van der Waals surface area contributed by atoms with Crippen LogP contribution < -0.4 is 0 Å². The van der Waals surface area contributed by atoms with Crippen molar-refractivity contribution < 1.29 is 19.1 Å². The van der Waals surface area contributed by atoms with Crippen molar-refractivity contribution in [3.05, 3.63) is 34.9 Å². The molecule has 0 spiro atoms. The molecule has 0 bridgehead atoms. The van der Waals surface area contributed by atoms with Crippen molar-refractivity contribution in [2.45, 2.75) is 77.6 Å². The maximum atomic E-state index is 12.5. The largest absolute Gasteiger partial charge is 0.462 e. The van der Waals surface area contributed by atoms with E-state index in [4.69, 9.17) is 9.47 Å². The number of rotatable bonds is 5. The van der Waals surface area contributed by atoms with Crippen LogP contribution in [0.4, 0.5) is 0 Å². The first-order chi connectivity index (χ1) is 13.1. The van der Waals surface area contributed by atoms with E-state index in [-0.39, 0.29) is 0 Å². The van der Waals surface area contributed by atoms with Crippen molar-refractivity contribution in [1.82, 2.24) is 0 Å². The molecule has 28 heavy (non-hydrogen) atoms. The molecule has 0 radical (unpaired) electrons. The summed E-state index contributed by atoms with van der Waals surface area (Å²) >= 11 is 0. The Morgan fingerprint density at radius 1 is 1.18 bits per heavy atom. The van der Waals surface area contributed by atoms with Crippen molar-refractivity contribution in [2.75, 3.05) is 6.61 Å². The zero-order chi connectivity index (χ0) is 21.1. The highest BCUT2D eigenvalue weighted by molar-refractivity contribution is 6.90. The van der Waals surface area contributed by atoms with E-state index in [0.717, 1.165) is 5.56 Å². The number of hydrogen-bond acceptors (Lipinski definition) is 4. The molecule has 4 nitrogen and oxygen atoms in total. The predicted octanol–water partition coefficient (Wildman–Crippen LogP) is 5.17. The minimum absolute atomic E-state index is 0.297. The highest BCUT2D eigenvalue weighted by Gasteiger charge is 2.42. The Bertz CT molecular complexity index is 777. The van der Waals surface area contributed by atoms with Crippen LogP contribution in [0.2, 0.25) is 16.6 Å². The minimum atomic E-state index is -1.87. The Hall–Kier alpha value is -2.06. The molecule has 0 aromatic heterocycles. The second kappa shape index (κ2) is 8.96. The van der Waals surface area contributed by atoms with Crippen molar-refractivity contribution in [3.63, 3.8) is 0 Å². The number of carbonyl (C=O) groups is 2. The van der Waals surface area contributed by atoms with E-state index in [1.54, 1.807) is 19.1 Å². The summed E-state index contributed by atoms with van der Waals surface area (Å²) in [6.07, 6.45) is 0.118. The van der Waals surface area contributed by atoms with Crippen LogP contribution in [-0.4, -0.2) is 32.7 Å². The number of esters is 2. The van der Waals surface area contributed by atoms with Crippen LogP contribution in [0.25, 0.3) is 0 Å². The Morgan fingerprint density at radius 2 is 1.79 bits per heavy atom. The molecule has 5 heteroatoms. The summed E-state index contributed by atoms with van der Waals surface area (Å²) in [5.74, 6) is 2.46. The molecular formula is C23H32O4Si. The summed E-state index contributed by atoms with van der Waals surface area (Å²) in [6.45, 7) is 15.6. The van der Waals surface area contributed by atoms with Gasteiger partial charge in [0.15, 0.2) is 6.10 Å². The van der Waals surface area contributed by atoms with Crippen molar-refractivity contribution >= 4 is 20.0 Å². The van der Waals surface area contributed by atoms with E-state index in [2.05, 4.69) is 53.0 Å². The van der Waals surface area contributed by atoms with E-state index in [1.807, 2.05) is 6.07 Å². The lowest BCUT2D eigenvalue weighted by atomic mass is 9.97. The number of fused-ring (bicyclic) bond motifs is 1. The Balaban J connectivity index is 2.31. The van der Waals surface area contributed by atoms with Crippen LogP contribution in [0.15, 0.2) is 18.2 Å². The van der Waals surface area contributed by atoms with Crippen LogP contribution in [0.5, 0.6) is 0 Å². The molecule has 0 fully saturated rings. The Labute approximate surface area is 170 Å². The van der Waals surface area contributed by atoms with Crippen molar-refractivity contribution in [2.24, 2.45) is 0 Å². The fourth-order valence-corrected chi connectivity index (χ4v) is 9.72. The van der Waals surface area contributed by atoms with E-state index >= 15 is 0 Å². The third-order valence-corrected chi connectivity index (χ3v) is 12.1. The number of hydrogen-bond donors (Lipinski definition) is 0. The number of cyclic esters (lactones) is 1. The topological polar surface area (TPSA) is 52.6 Å². The highest BCUT2D eigenvalue weighted by atomic mass is 28.3. The first-order valence-electron chi connectivity index (χ1n) is 10.2. The van der Waals surface area contributed by atoms with Crippen LogP contribution in [-0.2, 0) is 15.9 Å². The molecule has 1 heterocycles. The van der Waals surface area contributed by atoms with Gasteiger partial charge in [-0.3, -0.25) is 0 Å². The molecule has 1 aromatic rings. The van der Waals surface area contributed by atoms with Gasteiger partial charge in [-0.15, -0.1) is 5.54 Å². The van der Waals surface area contributed by atoms with Gasteiger partial charge in [-0.1, -0.05) is 53.5 Å². The van der Waals surface area contributed by atoms with Crippen molar-refractivity contribution in [1.29, 1.82) is 0 Å². The monoisotopic (exact) mass is 400 g/mol. The molecule has 0 amide bonds. The van der Waals surface area contributed by atoms with E-state index in [0.29, 0.717) is 40.8 Å². The number of ether oxygens (including phenoxy) is 2. The molecule has 0 saturated carbocycles. The Kier molecular flexibility index (Phi) is 7.11. The van der Waals surface area contributed by atoms with Gasteiger partial charge >= 0.3 is 11.9 Å². The first-order valence-corrected chi connectivity index (χ1v) is 12.4. The van der Waals surface area contributed by atoms with Gasteiger partial charge < -0.3 is 9.47 Å². The zero-order valence-corrected chi connectivity index (χ0v) is 19.1. The van der Waals surface area contributed by atoms with E-state index < -0.39 is 26.1 Å². The number of carbonyl (C=O) groups excluding carboxylic acids is 2. The van der Waals surface area contributed by atoms with E-state index in [9.17, 15) is 9.59 Å². The van der Waals surface area contributed by atoms with Crippen LogP contribution in [0.1, 0.15) is 74.7 Å². The summed E-state index contributed by atoms with van der Waals surface area (Å²) in [6, 6.07) is 5.08. The maximum Gasteiger partial charge on any atom is 0.339 e. The molecule has 0 aliphatic carbocycles. The van der Waals surface area contributed by atoms with Gasteiger partial charge in [0, 0.05) is 6.42 Å². The molecule has 1 atom stereocenters. The second-order valence-electron chi connectivity index (χ2n) is 8.36. The van der Waals surface area contributed by atoms with Gasteiger partial charge in [-0.05, 0) is 41.2 Å². The normalized spacial score (nSPS) is 16.5. The van der Waals surface area contributed by atoms with Gasteiger partial charge in [-0.2, -0.15) is 0 Å². The lowest BCUT2D eigenvalue weighted by Gasteiger charge is -2.38. The molecule has 2 rings (SSSR count). The van der Waals surface area contributed by atoms with Gasteiger partial charge in [0.25, 0.3) is 0 Å². The van der Waals surface area contributed by atoms with E-state index in [1.165, 1.54) is 0 Å². The summed E-state index contributed by atoms with van der Waals surface area (Å²) < 4.78 is 10.6. The molecule has 152 valence electrons. The lowest BCUT2D eigenvalue weighted by molar-refractivity contribution is 0.0374. The molecule has 1 aliphatic heterocycles. The van der Waals surface area contributed by atoms with Gasteiger partial charge in [-0.25, -0.2) is 9.59 Å². The van der Waals surface area contributed by atoms with Crippen LogP contribution in [0.3, 0.4) is 0 Å². The average Bonchev–Trinajstić information content (AvgIpc) is 2.61. The molecular weight excluding hydrogens is 368 g/mol. The summed E-state index contributed by atoms with van der Waals surface area (Å²) in [7, 11) is -1.87.